The Morgan fingerprint density at radius 3 is 2.45 bits per heavy atom. The second-order valence-corrected chi connectivity index (χ2v) is 7.15. The number of anilines is 2. The van der Waals surface area contributed by atoms with Crippen LogP contribution in [0.5, 0.6) is 0 Å². The van der Waals surface area contributed by atoms with Crippen molar-refractivity contribution in [3.05, 3.63) is 47.4 Å². The normalized spacial score (nSPS) is 14.1. The van der Waals surface area contributed by atoms with Gasteiger partial charge in [0.1, 0.15) is 11.6 Å². The molecule has 2 N–H and O–H groups in total. The fourth-order valence-corrected chi connectivity index (χ4v) is 3.23. The summed E-state index contributed by atoms with van der Waals surface area (Å²) < 4.78 is 52.5. The average molecular weight is 427 g/mol. The maximum absolute atomic E-state index is 13.2. The van der Waals surface area contributed by atoms with Crippen LogP contribution >= 0.6 is 12.2 Å². The predicted octanol–water partition coefficient (Wildman–Crippen LogP) is 4.15. The summed E-state index contributed by atoms with van der Waals surface area (Å²) in [5.74, 6) is -0.226. The molecule has 0 amide bonds. The number of aryl methyl sites for hydroxylation is 1. The zero-order valence-corrected chi connectivity index (χ0v) is 16.4. The molecule has 0 unspecified atom stereocenters. The lowest BCUT2D eigenvalue weighted by atomic mass is 10.1. The molecule has 0 aliphatic carbocycles. The Balaban J connectivity index is 1.57. The van der Waals surface area contributed by atoms with Crippen LogP contribution in [0.15, 0.2) is 30.3 Å². The molecule has 1 aliphatic heterocycles. The summed E-state index contributed by atoms with van der Waals surface area (Å²) in [5.41, 5.74) is -0.0143. The van der Waals surface area contributed by atoms with Crippen LogP contribution in [0.2, 0.25) is 0 Å². The Labute approximate surface area is 171 Å². The molecule has 1 aromatic carbocycles. The van der Waals surface area contributed by atoms with E-state index in [9.17, 15) is 17.6 Å². The van der Waals surface area contributed by atoms with E-state index in [1.54, 1.807) is 17.0 Å². The van der Waals surface area contributed by atoms with Crippen LogP contribution < -0.4 is 15.5 Å². The number of benzene rings is 1. The average Bonchev–Trinajstić information content (AvgIpc) is 3.20. The summed E-state index contributed by atoms with van der Waals surface area (Å²) in [6.07, 6.45) is -1.30. The van der Waals surface area contributed by atoms with E-state index >= 15 is 0 Å². The van der Waals surface area contributed by atoms with E-state index in [1.165, 1.54) is 12.1 Å². The number of rotatable bonds is 6. The first-order valence-electron chi connectivity index (χ1n) is 9.32. The standard InChI is InChI=1S/C19H21F4N5S/c20-14-7-5-13(6-8-14)4-3-9-24-18(29)27-17-25-15(19(21,22)23)12-16(26-17)28-10-1-2-11-28/h5-8,12H,1-4,9-11H2,(H2,24,25,26,27,29). The zero-order chi connectivity index (χ0) is 20.9. The SMILES string of the molecule is Fc1ccc(CCCNC(=S)Nc2nc(N3CCCC3)cc(C(F)(F)F)n2)cc1. The van der Waals surface area contributed by atoms with Gasteiger partial charge in [0.15, 0.2) is 10.8 Å². The Hall–Kier alpha value is -2.49. The number of thiocarbonyl (C=S) groups is 1. The van der Waals surface area contributed by atoms with Gasteiger partial charge in [0.05, 0.1) is 0 Å². The molecule has 0 atom stereocenters. The second-order valence-electron chi connectivity index (χ2n) is 6.74. The van der Waals surface area contributed by atoms with Crippen LogP contribution in [-0.2, 0) is 12.6 Å². The number of halogens is 4. The predicted molar refractivity (Wildman–Crippen MR) is 107 cm³/mol. The molecule has 1 aliphatic rings. The molecular formula is C19H21F4N5S. The van der Waals surface area contributed by atoms with Crippen molar-refractivity contribution in [3.8, 4) is 0 Å². The minimum absolute atomic E-state index is 0.149. The first-order valence-corrected chi connectivity index (χ1v) is 9.72. The Morgan fingerprint density at radius 1 is 1.10 bits per heavy atom. The third-order valence-corrected chi connectivity index (χ3v) is 4.75. The maximum atomic E-state index is 13.2. The highest BCUT2D eigenvalue weighted by Gasteiger charge is 2.34. The molecule has 10 heteroatoms. The van der Waals surface area contributed by atoms with E-state index < -0.39 is 11.9 Å². The minimum atomic E-state index is -4.57. The molecule has 0 spiro atoms. The summed E-state index contributed by atoms with van der Waals surface area (Å²) in [6, 6.07) is 7.19. The number of alkyl halides is 3. The van der Waals surface area contributed by atoms with Crippen molar-refractivity contribution in [3.63, 3.8) is 0 Å². The highest BCUT2D eigenvalue weighted by Crippen LogP contribution is 2.31. The van der Waals surface area contributed by atoms with Crippen molar-refractivity contribution in [1.82, 2.24) is 15.3 Å². The highest BCUT2D eigenvalue weighted by atomic mass is 32.1. The zero-order valence-electron chi connectivity index (χ0n) is 15.6. The summed E-state index contributed by atoms with van der Waals surface area (Å²) in [7, 11) is 0. The largest absolute Gasteiger partial charge is 0.433 e. The summed E-state index contributed by atoms with van der Waals surface area (Å²) >= 11 is 5.15. The minimum Gasteiger partial charge on any atom is -0.362 e. The topological polar surface area (TPSA) is 53.1 Å². The van der Waals surface area contributed by atoms with Gasteiger partial charge in [-0.25, -0.2) is 9.37 Å². The quantitative estimate of drug-likeness (QED) is 0.410. The van der Waals surface area contributed by atoms with Crippen LogP contribution in [0.1, 0.15) is 30.5 Å². The highest BCUT2D eigenvalue weighted by molar-refractivity contribution is 7.80. The molecular weight excluding hydrogens is 406 g/mol. The van der Waals surface area contributed by atoms with E-state index in [4.69, 9.17) is 12.2 Å². The monoisotopic (exact) mass is 427 g/mol. The molecule has 0 radical (unpaired) electrons. The smallest absolute Gasteiger partial charge is 0.362 e. The fraction of sp³-hybridized carbons (Fsp3) is 0.421. The van der Waals surface area contributed by atoms with Gasteiger partial charge in [0, 0.05) is 25.7 Å². The van der Waals surface area contributed by atoms with E-state index in [-0.39, 0.29) is 22.7 Å². The first-order chi connectivity index (χ1) is 13.8. The van der Waals surface area contributed by atoms with Crippen LogP contribution in [0.4, 0.5) is 29.3 Å². The van der Waals surface area contributed by atoms with Gasteiger partial charge in [-0.15, -0.1) is 0 Å². The fourth-order valence-electron chi connectivity index (χ4n) is 3.04. The van der Waals surface area contributed by atoms with E-state index in [0.717, 1.165) is 37.3 Å². The number of aromatic nitrogens is 2. The van der Waals surface area contributed by atoms with Crippen molar-refractivity contribution in [2.24, 2.45) is 0 Å². The van der Waals surface area contributed by atoms with Gasteiger partial charge in [-0.2, -0.15) is 18.2 Å². The lowest BCUT2D eigenvalue weighted by molar-refractivity contribution is -0.141. The molecule has 5 nitrogen and oxygen atoms in total. The van der Waals surface area contributed by atoms with Crippen LogP contribution in [0.3, 0.4) is 0 Å². The molecule has 1 saturated heterocycles. The molecule has 1 aromatic heterocycles. The lowest BCUT2D eigenvalue weighted by Gasteiger charge is -2.19. The third-order valence-electron chi connectivity index (χ3n) is 4.50. The molecule has 156 valence electrons. The van der Waals surface area contributed by atoms with Gasteiger partial charge in [0.25, 0.3) is 0 Å². The van der Waals surface area contributed by atoms with E-state index in [0.29, 0.717) is 19.6 Å². The summed E-state index contributed by atoms with van der Waals surface area (Å²) in [5, 5.41) is 5.73. The van der Waals surface area contributed by atoms with Gasteiger partial charge in [-0.05, 0) is 55.6 Å². The second kappa shape index (κ2) is 9.34. The van der Waals surface area contributed by atoms with Crippen molar-refractivity contribution in [2.45, 2.75) is 31.9 Å². The van der Waals surface area contributed by atoms with Crippen LogP contribution in [0.25, 0.3) is 0 Å². The molecule has 2 heterocycles. The number of nitrogens with one attached hydrogen (secondary N) is 2. The Bertz CT molecular complexity index is 835. The molecule has 29 heavy (non-hydrogen) atoms. The summed E-state index contributed by atoms with van der Waals surface area (Å²) in [6.45, 7) is 1.83. The lowest BCUT2D eigenvalue weighted by Crippen LogP contribution is -2.31. The van der Waals surface area contributed by atoms with Gasteiger partial charge < -0.3 is 15.5 Å². The summed E-state index contributed by atoms with van der Waals surface area (Å²) in [4.78, 5) is 9.56. The molecule has 3 rings (SSSR count). The van der Waals surface area contributed by atoms with E-state index in [2.05, 4.69) is 20.6 Å². The van der Waals surface area contributed by atoms with Crippen molar-refractivity contribution < 1.29 is 17.6 Å². The maximum Gasteiger partial charge on any atom is 0.433 e. The van der Waals surface area contributed by atoms with Crippen molar-refractivity contribution in [2.75, 3.05) is 29.9 Å². The first kappa shape index (κ1) is 21.2. The third kappa shape index (κ3) is 6.25. The van der Waals surface area contributed by atoms with Crippen molar-refractivity contribution >= 4 is 29.1 Å². The van der Waals surface area contributed by atoms with Gasteiger partial charge in [0.2, 0.25) is 5.95 Å². The number of nitrogens with zero attached hydrogens (tertiary/aromatic N) is 3. The number of hydrogen-bond donors (Lipinski definition) is 2. The van der Waals surface area contributed by atoms with Crippen LogP contribution in [0, 0.1) is 5.82 Å². The number of hydrogen-bond acceptors (Lipinski definition) is 4. The van der Waals surface area contributed by atoms with Gasteiger partial charge in [-0.3, -0.25) is 0 Å². The molecule has 0 bridgehead atoms. The van der Waals surface area contributed by atoms with Crippen LogP contribution in [-0.4, -0.2) is 34.7 Å². The van der Waals surface area contributed by atoms with Crippen molar-refractivity contribution in [1.29, 1.82) is 0 Å². The Morgan fingerprint density at radius 2 is 1.79 bits per heavy atom. The van der Waals surface area contributed by atoms with Gasteiger partial charge >= 0.3 is 6.18 Å². The molecule has 1 fully saturated rings. The molecule has 2 aromatic rings. The Kier molecular flexibility index (Phi) is 6.83. The van der Waals surface area contributed by atoms with E-state index in [1.807, 2.05) is 0 Å². The molecule has 0 saturated carbocycles. The van der Waals surface area contributed by atoms with Gasteiger partial charge in [-0.1, -0.05) is 12.1 Å².